The third-order valence-corrected chi connectivity index (χ3v) is 4.01. The summed E-state index contributed by atoms with van der Waals surface area (Å²) in [7, 11) is 2.16. The molecule has 0 bridgehead atoms. The molecular formula is C18H30N2O. The number of nitrogens with one attached hydrogen (secondary N) is 1. The van der Waals surface area contributed by atoms with E-state index in [1.807, 2.05) is 0 Å². The van der Waals surface area contributed by atoms with E-state index in [-0.39, 0.29) is 0 Å². The summed E-state index contributed by atoms with van der Waals surface area (Å²) in [5.74, 6) is 0.700. The van der Waals surface area contributed by atoms with Crippen LogP contribution in [0.15, 0.2) is 24.3 Å². The van der Waals surface area contributed by atoms with Crippen molar-refractivity contribution in [2.45, 2.75) is 45.8 Å². The highest BCUT2D eigenvalue weighted by molar-refractivity contribution is 5.47. The van der Waals surface area contributed by atoms with Gasteiger partial charge < -0.3 is 15.0 Å². The molecule has 1 saturated heterocycles. The summed E-state index contributed by atoms with van der Waals surface area (Å²) in [6.07, 6.45) is 4.12. The van der Waals surface area contributed by atoms with Crippen molar-refractivity contribution in [2.75, 3.05) is 31.6 Å². The molecule has 1 aromatic rings. The summed E-state index contributed by atoms with van der Waals surface area (Å²) in [4.78, 5) is 2.31. The lowest BCUT2D eigenvalue weighted by Gasteiger charge is -2.28. The molecule has 1 unspecified atom stereocenters. The van der Waals surface area contributed by atoms with Crippen molar-refractivity contribution < 1.29 is 4.74 Å². The van der Waals surface area contributed by atoms with Gasteiger partial charge in [-0.3, -0.25) is 0 Å². The standard InChI is InChI=1S/C18H30N2O/c1-15(2)12-19-13-16-7-9-17(10-8-16)20(3)14-18-6-4-5-11-21-18/h7-10,15,18-19H,4-6,11-14H2,1-3H3. The van der Waals surface area contributed by atoms with E-state index in [9.17, 15) is 0 Å². The normalized spacial score (nSPS) is 19.0. The lowest BCUT2D eigenvalue weighted by Crippen LogP contribution is -2.33. The monoisotopic (exact) mass is 290 g/mol. The predicted molar refractivity (Wildman–Crippen MR) is 89.8 cm³/mol. The largest absolute Gasteiger partial charge is 0.376 e. The second kappa shape index (κ2) is 8.40. The smallest absolute Gasteiger partial charge is 0.0749 e. The molecule has 0 spiro atoms. The predicted octanol–water partition coefficient (Wildman–Crippen LogP) is 3.44. The van der Waals surface area contributed by atoms with Gasteiger partial charge in [0.15, 0.2) is 0 Å². The zero-order valence-corrected chi connectivity index (χ0v) is 13.8. The molecule has 1 N–H and O–H groups in total. The molecule has 0 aliphatic carbocycles. The molecule has 1 aliphatic heterocycles. The highest BCUT2D eigenvalue weighted by atomic mass is 16.5. The maximum atomic E-state index is 5.82. The van der Waals surface area contributed by atoms with Gasteiger partial charge in [-0.1, -0.05) is 26.0 Å². The number of hydrogen-bond acceptors (Lipinski definition) is 3. The van der Waals surface area contributed by atoms with Crippen LogP contribution in [-0.2, 0) is 11.3 Å². The van der Waals surface area contributed by atoms with Crippen molar-refractivity contribution in [2.24, 2.45) is 5.92 Å². The van der Waals surface area contributed by atoms with E-state index >= 15 is 0 Å². The van der Waals surface area contributed by atoms with Crippen LogP contribution in [0.4, 0.5) is 5.69 Å². The minimum absolute atomic E-state index is 0.399. The maximum Gasteiger partial charge on any atom is 0.0749 e. The Kier molecular flexibility index (Phi) is 6.52. The molecular weight excluding hydrogens is 260 g/mol. The van der Waals surface area contributed by atoms with Crippen molar-refractivity contribution in [3.8, 4) is 0 Å². The number of anilines is 1. The number of ether oxygens (including phenoxy) is 1. The van der Waals surface area contributed by atoms with E-state index in [2.05, 4.69) is 55.4 Å². The van der Waals surface area contributed by atoms with Gasteiger partial charge in [0.05, 0.1) is 6.10 Å². The fraction of sp³-hybridized carbons (Fsp3) is 0.667. The quantitative estimate of drug-likeness (QED) is 0.832. The molecule has 0 aromatic heterocycles. The van der Waals surface area contributed by atoms with Crippen molar-refractivity contribution in [1.29, 1.82) is 0 Å². The molecule has 1 atom stereocenters. The summed E-state index contributed by atoms with van der Waals surface area (Å²) < 4.78 is 5.82. The topological polar surface area (TPSA) is 24.5 Å². The van der Waals surface area contributed by atoms with Gasteiger partial charge in [0.1, 0.15) is 0 Å². The fourth-order valence-electron chi connectivity index (χ4n) is 2.74. The highest BCUT2D eigenvalue weighted by Crippen LogP contribution is 2.18. The van der Waals surface area contributed by atoms with Crippen LogP contribution in [0.25, 0.3) is 0 Å². The van der Waals surface area contributed by atoms with E-state index in [1.165, 1.54) is 30.5 Å². The summed E-state index contributed by atoms with van der Waals surface area (Å²) in [5, 5.41) is 3.48. The van der Waals surface area contributed by atoms with Gasteiger partial charge in [-0.05, 0) is 49.4 Å². The average Bonchev–Trinajstić information content (AvgIpc) is 2.48. The van der Waals surface area contributed by atoms with E-state index in [1.54, 1.807) is 0 Å². The molecule has 3 nitrogen and oxygen atoms in total. The first-order chi connectivity index (χ1) is 10.1. The second-order valence-corrected chi connectivity index (χ2v) is 6.56. The van der Waals surface area contributed by atoms with Gasteiger partial charge in [-0.2, -0.15) is 0 Å². The van der Waals surface area contributed by atoms with Gasteiger partial charge in [0.25, 0.3) is 0 Å². The molecule has 2 rings (SSSR count). The van der Waals surface area contributed by atoms with Crippen LogP contribution in [0.3, 0.4) is 0 Å². The highest BCUT2D eigenvalue weighted by Gasteiger charge is 2.16. The average molecular weight is 290 g/mol. The zero-order chi connectivity index (χ0) is 15.1. The first kappa shape index (κ1) is 16.3. The molecule has 1 aromatic carbocycles. The van der Waals surface area contributed by atoms with Gasteiger partial charge in [0, 0.05) is 32.4 Å². The summed E-state index contributed by atoms with van der Waals surface area (Å²) in [6.45, 7) is 8.41. The fourth-order valence-corrected chi connectivity index (χ4v) is 2.74. The minimum Gasteiger partial charge on any atom is -0.376 e. The van der Waals surface area contributed by atoms with Crippen molar-refractivity contribution >= 4 is 5.69 Å². The lowest BCUT2D eigenvalue weighted by molar-refractivity contribution is 0.0216. The van der Waals surface area contributed by atoms with Crippen LogP contribution in [0.2, 0.25) is 0 Å². The molecule has 0 saturated carbocycles. The van der Waals surface area contributed by atoms with Crippen molar-refractivity contribution in [3.05, 3.63) is 29.8 Å². The minimum atomic E-state index is 0.399. The number of rotatable bonds is 7. The Labute approximate surface area is 129 Å². The first-order valence-corrected chi connectivity index (χ1v) is 8.27. The van der Waals surface area contributed by atoms with E-state index in [0.29, 0.717) is 12.0 Å². The molecule has 3 heteroatoms. The number of likely N-dealkylation sites (N-methyl/N-ethyl adjacent to an activating group) is 1. The number of benzene rings is 1. The van der Waals surface area contributed by atoms with Crippen LogP contribution < -0.4 is 10.2 Å². The third-order valence-electron chi connectivity index (χ3n) is 4.01. The molecule has 1 heterocycles. The summed E-state index contributed by atoms with van der Waals surface area (Å²) in [5.41, 5.74) is 2.62. The Morgan fingerprint density at radius 3 is 2.62 bits per heavy atom. The lowest BCUT2D eigenvalue weighted by atomic mass is 10.1. The van der Waals surface area contributed by atoms with Gasteiger partial charge in [0.2, 0.25) is 0 Å². The molecule has 0 amide bonds. The van der Waals surface area contributed by atoms with Gasteiger partial charge in [-0.15, -0.1) is 0 Å². The van der Waals surface area contributed by atoms with Crippen LogP contribution in [0.5, 0.6) is 0 Å². The molecule has 1 fully saturated rings. The SMILES string of the molecule is CC(C)CNCc1ccc(N(C)CC2CCCCO2)cc1. The molecule has 118 valence electrons. The van der Waals surface area contributed by atoms with E-state index < -0.39 is 0 Å². The zero-order valence-electron chi connectivity index (χ0n) is 13.8. The Bertz CT molecular complexity index is 396. The van der Waals surface area contributed by atoms with Crippen molar-refractivity contribution in [3.63, 3.8) is 0 Å². The first-order valence-electron chi connectivity index (χ1n) is 8.27. The Balaban J connectivity index is 1.80. The molecule has 1 aliphatic rings. The maximum absolute atomic E-state index is 5.82. The Hall–Kier alpha value is -1.06. The van der Waals surface area contributed by atoms with Crippen LogP contribution in [0.1, 0.15) is 38.7 Å². The van der Waals surface area contributed by atoms with Gasteiger partial charge >= 0.3 is 0 Å². The van der Waals surface area contributed by atoms with E-state index in [4.69, 9.17) is 4.74 Å². The van der Waals surface area contributed by atoms with Gasteiger partial charge in [-0.25, -0.2) is 0 Å². The van der Waals surface area contributed by atoms with E-state index in [0.717, 1.165) is 26.2 Å². The second-order valence-electron chi connectivity index (χ2n) is 6.56. The molecule has 0 radical (unpaired) electrons. The Morgan fingerprint density at radius 2 is 2.00 bits per heavy atom. The molecule has 21 heavy (non-hydrogen) atoms. The summed E-state index contributed by atoms with van der Waals surface area (Å²) >= 11 is 0. The third kappa shape index (κ3) is 5.68. The van der Waals surface area contributed by atoms with Crippen LogP contribution >= 0.6 is 0 Å². The summed E-state index contributed by atoms with van der Waals surface area (Å²) in [6, 6.07) is 8.88. The van der Waals surface area contributed by atoms with Crippen LogP contribution in [-0.4, -0.2) is 32.8 Å². The van der Waals surface area contributed by atoms with Crippen molar-refractivity contribution in [1.82, 2.24) is 5.32 Å². The number of hydrogen-bond donors (Lipinski definition) is 1. The van der Waals surface area contributed by atoms with Crippen LogP contribution in [0, 0.1) is 5.92 Å². The Morgan fingerprint density at radius 1 is 1.24 bits per heavy atom. The number of nitrogens with zero attached hydrogens (tertiary/aromatic N) is 1.